The summed E-state index contributed by atoms with van der Waals surface area (Å²) >= 11 is 0. The molecule has 3 aromatic rings. The highest BCUT2D eigenvalue weighted by Crippen LogP contribution is 2.32. The first kappa shape index (κ1) is 20.4. The Bertz CT molecular complexity index is 1210. The van der Waals surface area contributed by atoms with Crippen LogP contribution in [0.3, 0.4) is 0 Å². The fourth-order valence-electron chi connectivity index (χ4n) is 4.18. The van der Waals surface area contributed by atoms with E-state index in [9.17, 15) is 14.4 Å². The van der Waals surface area contributed by atoms with Crippen LogP contribution < -0.4 is 5.32 Å². The number of carbonyl (C=O) groups excluding carboxylic acids is 3. The number of benzene rings is 2. The van der Waals surface area contributed by atoms with Crippen molar-refractivity contribution in [3.63, 3.8) is 0 Å². The number of aromatic nitrogens is 1. The zero-order chi connectivity index (χ0) is 22.0. The number of ketones is 1. The fraction of sp³-hybridized carbons (Fsp3) is 0.250. The molecule has 0 saturated carbocycles. The van der Waals surface area contributed by atoms with Crippen LogP contribution in [0.15, 0.2) is 60.8 Å². The van der Waals surface area contributed by atoms with Gasteiger partial charge >= 0.3 is 6.03 Å². The molecule has 1 saturated heterocycles. The molecule has 0 bridgehead atoms. The molecular formula is C24H22N4O3. The highest BCUT2D eigenvalue weighted by molar-refractivity contribution is 6.14. The van der Waals surface area contributed by atoms with Gasteiger partial charge in [0.2, 0.25) is 0 Å². The van der Waals surface area contributed by atoms with Crippen molar-refractivity contribution in [1.82, 2.24) is 14.8 Å². The van der Waals surface area contributed by atoms with E-state index in [4.69, 9.17) is 5.26 Å². The van der Waals surface area contributed by atoms with Gasteiger partial charge in [0.25, 0.3) is 5.91 Å². The number of carbonyl (C=O) groups is 3. The predicted molar refractivity (Wildman–Crippen MR) is 115 cm³/mol. The van der Waals surface area contributed by atoms with Crippen molar-refractivity contribution >= 4 is 28.6 Å². The molecule has 7 nitrogen and oxygen atoms in total. The summed E-state index contributed by atoms with van der Waals surface area (Å²) in [6.45, 7) is 1.95. The van der Waals surface area contributed by atoms with Gasteiger partial charge in [-0.15, -0.1) is 0 Å². The van der Waals surface area contributed by atoms with Crippen molar-refractivity contribution in [2.75, 3.05) is 6.54 Å². The van der Waals surface area contributed by atoms with Gasteiger partial charge in [-0.3, -0.25) is 14.5 Å². The van der Waals surface area contributed by atoms with Crippen LogP contribution in [0.5, 0.6) is 0 Å². The Balaban J connectivity index is 1.64. The summed E-state index contributed by atoms with van der Waals surface area (Å²) in [6.07, 6.45) is 2.39. The second-order valence-corrected chi connectivity index (χ2v) is 7.53. The van der Waals surface area contributed by atoms with Gasteiger partial charge < -0.3 is 9.88 Å². The molecule has 4 rings (SSSR count). The van der Waals surface area contributed by atoms with Crippen LogP contribution in [-0.4, -0.2) is 33.7 Å². The summed E-state index contributed by atoms with van der Waals surface area (Å²) < 4.78 is 1.86. The number of nitrogens with one attached hydrogen (secondary N) is 1. The van der Waals surface area contributed by atoms with Crippen molar-refractivity contribution < 1.29 is 14.4 Å². The fourth-order valence-corrected chi connectivity index (χ4v) is 4.18. The van der Waals surface area contributed by atoms with Gasteiger partial charge in [0.15, 0.2) is 5.78 Å². The van der Waals surface area contributed by atoms with Gasteiger partial charge in [-0.25, -0.2) is 4.79 Å². The lowest BCUT2D eigenvalue weighted by Crippen LogP contribution is -2.43. The molecule has 2 aromatic carbocycles. The van der Waals surface area contributed by atoms with E-state index in [1.165, 1.54) is 0 Å². The predicted octanol–water partition coefficient (Wildman–Crippen LogP) is 3.59. The topological polar surface area (TPSA) is 95.2 Å². The molecule has 1 aliphatic rings. The second-order valence-electron chi connectivity index (χ2n) is 7.53. The lowest BCUT2D eigenvalue weighted by Gasteiger charge is -2.25. The van der Waals surface area contributed by atoms with E-state index in [1.54, 1.807) is 18.3 Å². The van der Waals surface area contributed by atoms with E-state index in [0.717, 1.165) is 15.8 Å². The average molecular weight is 414 g/mol. The third-order valence-electron chi connectivity index (χ3n) is 5.83. The number of hydrogen-bond acceptors (Lipinski definition) is 4. The van der Waals surface area contributed by atoms with Crippen molar-refractivity contribution in [3.8, 4) is 6.07 Å². The lowest BCUT2D eigenvalue weighted by atomic mass is 9.87. The highest BCUT2D eigenvalue weighted by atomic mass is 16.2. The molecule has 1 aliphatic heterocycles. The molecule has 0 unspecified atom stereocenters. The van der Waals surface area contributed by atoms with E-state index in [2.05, 4.69) is 11.4 Å². The normalized spacial score (nSPS) is 18.3. The number of imide groups is 1. The summed E-state index contributed by atoms with van der Waals surface area (Å²) in [5, 5.41) is 12.5. The van der Waals surface area contributed by atoms with Gasteiger partial charge in [-0.1, -0.05) is 55.5 Å². The first-order chi connectivity index (χ1) is 15.0. The Morgan fingerprint density at radius 1 is 1.10 bits per heavy atom. The number of aryl methyl sites for hydroxylation is 1. The van der Waals surface area contributed by atoms with Gasteiger partial charge in [0.05, 0.1) is 19.0 Å². The third-order valence-corrected chi connectivity index (χ3v) is 5.83. The number of nitriles is 1. The Kier molecular flexibility index (Phi) is 5.30. The molecule has 1 N–H and O–H groups in total. The standard InChI is InChI=1S/C24H22N4O3/c1-2-24(17-9-4-3-5-10-17)22(30)28(23(31)26-24)16-21(29)19-15-27(14-8-13-25)20-12-7-6-11-18(19)20/h3-7,9-12,15H,2,8,14,16H2,1H3,(H,26,31)/t24-/m1/s1. The number of urea groups is 1. The Morgan fingerprint density at radius 2 is 1.81 bits per heavy atom. The number of amides is 3. The van der Waals surface area contributed by atoms with Crippen LogP contribution in [0.2, 0.25) is 0 Å². The minimum absolute atomic E-state index is 0.315. The quantitative estimate of drug-likeness (QED) is 0.472. The molecule has 0 radical (unpaired) electrons. The molecule has 2 heterocycles. The first-order valence-corrected chi connectivity index (χ1v) is 10.2. The SMILES string of the molecule is CC[C@]1(c2ccccc2)NC(=O)N(CC(=O)c2cn(CCC#N)c3ccccc23)C1=O. The Hall–Kier alpha value is -3.92. The van der Waals surface area contributed by atoms with Crippen LogP contribution in [-0.2, 0) is 16.9 Å². The van der Waals surface area contributed by atoms with Gasteiger partial charge in [-0.2, -0.15) is 5.26 Å². The number of para-hydroxylation sites is 1. The van der Waals surface area contributed by atoms with E-state index in [0.29, 0.717) is 30.5 Å². The monoisotopic (exact) mass is 414 g/mol. The molecule has 0 spiro atoms. The van der Waals surface area contributed by atoms with Gasteiger partial charge in [0.1, 0.15) is 5.54 Å². The van der Waals surface area contributed by atoms with E-state index >= 15 is 0 Å². The summed E-state index contributed by atoms with van der Waals surface area (Å²) in [6, 6.07) is 18.0. The van der Waals surface area contributed by atoms with Crippen LogP contribution in [0.1, 0.15) is 35.7 Å². The maximum atomic E-state index is 13.3. The van der Waals surface area contributed by atoms with E-state index < -0.39 is 17.5 Å². The molecule has 7 heteroatoms. The molecule has 1 atom stereocenters. The number of rotatable bonds is 7. The van der Waals surface area contributed by atoms with Gasteiger partial charge in [-0.05, 0) is 18.1 Å². The molecule has 1 fully saturated rings. The Labute approximate surface area is 179 Å². The Morgan fingerprint density at radius 3 is 2.52 bits per heavy atom. The summed E-state index contributed by atoms with van der Waals surface area (Å²) in [4.78, 5) is 40.2. The summed E-state index contributed by atoms with van der Waals surface area (Å²) in [5.74, 6) is -0.747. The third kappa shape index (κ3) is 3.36. The minimum atomic E-state index is -1.17. The number of fused-ring (bicyclic) bond motifs is 1. The lowest BCUT2D eigenvalue weighted by molar-refractivity contribution is -0.131. The number of nitrogens with zero attached hydrogens (tertiary/aromatic N) is 3. The van der Waals surface area contributed by atoms with Crippen molar-refractivity contribution in [3.05, 3.63) is 71.9 Å². The summed E-state index contributed by atoms with van der Waals surface area (Å²) in [7, 11) is 0. The number of Topliss-reactive ketones (excluding diaryl/α,β-unsaturated/α-hetero) is 1. The second kappa shape index (κ2) is 8.07. The first-order valence-electron chi connectivity index (χ1n) is 10.2. The zero-order valence-electron chi connectivity index (χ0n) is 17.2. The van der Waals surface area contributed by atoms with Crippen LogP contribution in [0.25, 0.3) is 10.9 Å². The van der Waals surface area contributed by atoms with Crippen LogP contribution in [0, 0.1) is 11.3 Å². The maximum absolute atomic E-state index is 13.3. The van der Waals surface area contributed by atoms with Crippen LogP contribution in [0.4, 0.5) is 4.79 Å². The summed E-state index contributed by atoms with van der Waals surface area (Å²) in [5.41, 5.74) is 0.798. The molecule has 0 aliphatic carbocycles. The average Bonchev–Trinajstić information content (AvgIpc) is 3.29. The molecule has 3 amide bonds. The van der Waals surface area contributed by atoms with Crippen molar-refractivity contribution in [2.45, 2.75) is 31.8 Å². The molecule has 1 aromatic heterocycles. The largest absolute Gasteiger partial charge is 0.346 e. The number of hydrogen-bond donors (Lipinski definition) is 1. The van der Waals surface area contributed by atoms with Crippen molar-refractivity contribution in [2.24, 2.45) is 0 Å². The molecule has 31 heavy (non-hydrogen) atoms. The van der Waals surface area contributed by atoms with Crippen LogP contribution >= 0.6 is 0 Å². The van der Waals surface area contributed by atoms with Gasteiger partial charge in [0, 0.05) is 29.2 Å². The maximum Gasteiger partial charge on any atom is 0.325 e. The van der Waals surface area contributed by atoms with E-state index in [1.807, 2.05) is 54.0 Å². The smallest absolute Gasteiger partial charge is 0.325 e. The highest BCUT2D eigenvalue weighted by Gasteiger charge is 2.51. The van der Waals surface area contributed by atoms with E-state index in [-0.39, 0.29) is 12.3 Å². The molecule has 156 valence electrons. The zero-order valence-corrected chi connectivity index (χ0v) is 17.2. The molecular weight excluding hydrogens is 392 g/mol. The van der Waals surface area contributed by atoms with Crippen molar-refractivity contribution in [1.29, 1.82) is 5.26 Å². The minimum Gasteiger partial charge on any atom is -0.346 e.